The van der Waals surface area contributed by atoms with Gasteiger partial charge in [0.15, 0.2) is 0 Å². The van der Waals surface area contributed by atoms with Crippen molar-refractivity contribution in [3.63, 3.8) is 0 Å². The largest absolute Gasteiger partial charge is 0.444 e. The zero-order valence-electron chi connectivity index (χ0n) is 17.5. The molecular weight excluding hydrogens is 384 g/mol. The zero-order valence-corrected chi connectivity index (χ0v) is 18.3. The average molecular weight is 415 g/mol. The first kappa shape index (κ1) is 25.9. The average Bonchev–Trinajstić information content (AvgIpc) is 2.60. The van der Waals surface area contributed by atoms with Crippen LogP contribution in [0.25, 0.3) is 0 Å². The third-order valence-corrected chi connectivity index (χ3v) is 2.99. The number of aliphatic imine (C=N–C) groups is 2. The molecule has 0 aliphatic carbocycles. The molecule has 0 fully saturated rings. The molecule has 0 spiro atoms. The Morgan fingerprint density at radius 2 is 1.75 bits per heavy atom. The second kappa shape index (κ2) is 14.0. The van der Waals surface area contributed by atoms with Gasteiger partial charge < -0.3 is 24.8 Å². The lowest BCUT2D eigenvalue weighted by molar-refractivity contribution is -0.0970. The Bertz CT molecular complexity index is 624. The molecular formula is C19H31ClN4O4. The van der Waals surface area contributed by atoms with Crippen molar-refractivity contribution in [3.05, 3.63) is 11.4 Å². The SMILES string of the molecule is C=N/C(Cl)=N\C(NCCNC(=O)OC(C)(C)C)=C(/C)C#CC(OCC)OCC. The van der Waals surface area contributed by atoms with Gasteiger partial charge in [-0.05, 0) is 65.8 Å². The summed E-state index contributed by atoms with van der Waals surface area (Å²) >= 11 is 5.86. The van der Waals surface area contributed by atoms with Gasteiger partial charge in [0, 0.05) is 31.9 Å². The molecule has 0 heterocycles. The number of carbonyl (C=O) groups excluding carboxylic acids is 1. The van der Waals surface area contributed by atoms with Gasteiger partial charge in [0.2, 0.25) is 11.6 Å². The normalized spacial score (nSPS) is 12.6. The number of amidine groups is 1. The van der Waals surface area contributed by atoms with Gasteiger partial charge in [-0.1, -0.05) is 5.92 Å². The first-order valence-electron chi connectivity index (χ1n) is 9.00. The van der Waals surface area contributed by atoms with Crippen molar-refractivity contribution < 1.29 is 19.0 Å². The Kier molecular flexibility index (Phi) is 13.0. The molecule has 0 atom stereocenters. The summed E-state index contributed by atoms with van der Waals surface area (Å²) in [7, 11) is 0. The molecule has 0 aliphatic rings. The highest BCUT2D eigenvalue weighted by atomic mass is 35.5. The summed E-state index contributed by atoms with van der Waals surface area (Å²) in [4.78, 5) is 19.4. The van der Waals surface area contributed by atoms with Gasteiger partial charge in [0.05, 0.1) is 0 Å². The molecule has 8 nitrogen and oxygen atoms in total. The summed E-state index contributed by atoms with van der Waals surface area (Å²) in [5, 5.41) is 5.67. The van der Waals surface area contributed by atoms with Crippen LogP contribution < -0.4 is 10.6 Å². The predicted octanol–water partition coefficient (Wildman–Crippen LogP) is 3.03. The summed E-state index contributed by atoms with van der Waals surface area (Å²) in [5.41, 5.74) is 0.0447. The minimum Gasteiger partial charge on any atom is -0.444 e. The molecule has 28 heavy (non-hydrogen) atoms. The van der Waals surface area contributed by atoms with Crippen molar-refractivity contribution in [3.8, 4) is 11.8 Å². The van der Waals surface area contributed by atoms with Gasteiger partial charge in [0.1, 0.15) is 11.4 Å². The second-order valence-corrected chi connectivity index (χ2v) is 6.72. The van der Waals surface area contributed by atoms with Crippen molar-refractivity contribution >= 4 is 29.7 Å². The van der Waals surface area contributed by atoms with Crippen molar-refractivity contribution in [2.24, 2.45) is 9.98 Å². The quantitative estimate of drug-likeness (QED) is 0.151. The Balaban J connectivity index is 5.06. The lowest BCUT2D eigenvalue weighted by Gasteiger charge is -2.19. The predicted molar refractivity (Wildman–Crippen MR) is 113 cm³/mol. The van der Waals surface area contributed by atoms with Crippen molar-refractivity contribution in [2.45, 2.75) is 53.4 Å². The molecule has 0 saturated heterocycles. The maximum atomic E-state index is 11.7. The lowest BCUT2D eigenvalue weighted by atomic mass is 10.2. The van der Waals surface area contributed by atoms with Crippen molar-refractivity contribution in [1.29, 1.82) is 0 Å². The Labute approximate surface area is 172 Å². The first-order valence-corrected chi connectivity index (χ1v) is 9.38. The second-order valence-electron chi connectivity index (χ2n) is 6.38. The fraction of sp³-hybridized carbons (Fsp3) is 0.632. The number of alkyl carbamates (subject to hydrolysis) is 1. The minimum absolute atomic E-state index is 0.0325. The Morgan fingerprint density at radius 1 is 1.18 bits per heavy atom. The number of hydrogen-bond acceptors (Lipinski definition) is 6. The summed E-state index contributed by atoms with van der Waals surface area (Å²) in [6.07, 6.45) is -1.13. The fourth-order valence-corrected chi connectivity index (χ4v) is 1.79. The van der Waals surface area contributed by atoms with Gasteiger partial charge in [0.25, 0.3) is 0 Å². The van der Waals surface area contributed by atoms with Crippen LogP contribution in [0.5, 0.6) is 0 Å². The van der Waals surface area contributed by atoms with E-state index in [1.54, 1.807) is 27.7 Å². The van der Waals surface area contributed by atoms with Gasteiger partial charge in [-0.3, -0.25) is 0 Å². The van der Waals surface area contributed by atoms with E-state index in [2.05, 4.69) is 39.2 Å². The van der Waals surface area contributed by atoms with Crippen LogP contribution in [0.3, 0.4) is 0 Å². The van der Waals surface area contributed by atoms with Crippen LogP contribution in [-0.2, 0) is 14.2 Å². The number of nitrogens with zero attached hydrogens (tertiary/aromatic N) is 2. The fourth-order valence-electron chi connectivity index (χ4n) is 1.70. The van der Waals surface area contributed by atoms with E-state index in [0.717, 1.165) is 0 Å². The molecule has 9 heteroatoms. The van der Waals surface area contributed by atoms with Crippen LogP contribution in [0.1, 0.15) is 41.5 Å². The van der Waals surface area contributed by atoms with E-state index in [4.69, 9.17) is 25.8 Å². The summed E-state index contributed by atoms with van der Waals surface area (Å²) in [6, 6.07) is 0. The summed E-state index contributed by atoms with van der Waals surface area (Å²) < 4.78 is 16.0. The summed E-state index contributed by atoms with van der Waals surface area (Å²) in [6.45, 7) is 15.9. The van der Waals surface area contributed by atoms with Crippen LogP contribution in [0.4, 0.5) is 4.79 Å². The molecule has 0 aromatic rings. The molecule has 0 saturated carbocycles. The van der Waals surface area contributed by atoms with Crippen LogP contribution >= 0.6 is 11.6 Å². The number of carbonyl (C=O) groups is 1. The molecule has 0 unspecified atom stereocenters. The highest BCUT2D eigenvalue weighted by Crippen LogP contribution is 2.07. The third kappa shape index (κ3) is 13.1. The monoisotopic (exact) mass is 414 g/mol. The highest BCUT2D eigenvalue weighted by molar-refractivity contribution is 6.65. The lowest BCUT2D eigenvalue weighted by Crippen LogP contribution is -2.36. The molecule has 0 aromatic carbocycles. The van der Waals surface area contributed by atoms with Crippen LogP contribution in [0.15, 0.2) is 21.4 Å². The van der Waals surface area contributed by atoms with Gasteiger partial charge in [-0.2, -0.15) is 4.99 Å². The van der Waals surface area contributed by atoms with Crippen LogP contribution in [0, 0.1) is 11.8 Å². The Hall–Kier alpha value is -2.08. The molecule has 0 rings (SSSR count). The van der Waals surface area contributed by atoms with E-state index in [9.17, 15) is 4.79 Å². The van der Waals surface area contributed by atoms with Gasteiger partial charge >= 0.3 is 6.09 Å². The van der Waals surface area contributed by atoms with Crippen LogP contribution in [-0.4, -0.2) is 56.3 Å². The number of rotatable bonds is 9. The van der Waals surface area contributed by atoms with Crippen molar-refractivity contribution in [1.82, 2.24) is 10.6 Å². The van der Waals surface area contributed by atoms with Crippen LogP contribution in [0.2, 0.25) is 0 Å². The first-order chi connectivity index (χ1) is 13.1. The molecule has 158 valence electrons. The van der Waals surface area contributed by atoms with E-state index in [0.29, 0.717) is 37.7 Å². The highest BCUT2D eigenvalue weighted by Gasteiger charge is 2.15. The standard InChI is InChI=1S/C19H31ClN4O4/c1-8-26-15(27-9-2)11-10-14(3)16(24-17(20)21-7)22-12-13-23-18(25)28-19(4,5)6/h15,22H,7-9,12-13H2,1-6H3,(H,23,25)/b16-14+,24-17-. The number of amides is 1. The van der Waals surface area contributed by atoms with E-state index in [-0.39, 0.29) is 5.29 Å². The van der Waals surface area contributed by atoms with E-state index >= 15 is 0 Å². The third-order valence-electron chi connectivity index (χ3n) is 2.79. The Morgan fingerprint density at radius 3 is 2.25 bits per heavy atom. The summed E-state index contributed by atoms with van der Waals surface area (Å²) in [5.74, 6) is 6.23. The number of ether oxygens (including phenoxy) is 3. The van der Waals surface area contributed by atoms with E-state index < -0.39 is 18.0 Å². The zero-order chi connectivity index (χ0) is 21.6. The number of halogens is 1. The molecule has 0 bridgehead atoms. The van der Waals surface area contributed by atoms with Gasteiger partial charge in [-0.25, -0.2) is 9.79 Å². The molecule has 1 amide bonds. The molecule has 0 radical (unpaired) electrons. The number of allylic oxidation sites excluding steroid dienone is 1. The van der Waals surface area contributed by atoms with E-state index in [1.165, 1.54) is 0 Å². The maximum absolute atomic E-state index is 11.7. The van der Waals surface area contributed by atoms with E-state index in [1.807, 2.05) is 13.8 Å². The topological polar surface area (TPSA) is 93.5 Å². The number of hydrogen-bond donors (Lipinski definition) is 2. The molecule has 0 aliphatic heterocycles. The van der Waals surface area contributed by atoms with Crippen molar-refractivity contribution in [2.75, 3.05) is 26.3 Å². The van der Waals surface area contributed by atoms with Gasteiger partial charge in [-0.15, -0.1) is 0 Å². The maximum Gasteiger partial charge on any atom is 0.407 e. The smallest absolute Gasteiger partial charge is 0.407 e. The number of nitrogens with one attached hydrogen (secondary N) is 2. The minimum atomic E-state index is -0.628. The molecule has 0 aromatic heterocycles. The molecule has 2 N–H and O–H groups in total.